The van der Waals surface area contributed by atoms with E-state index in [0.29, 0.717) is 0 Å². The van der Waals surface area contributed by atoms with Crippen LogP contribution in [0.1, 0.15) is 83.8 Å². The SMILES string of the molecule is C[C@@H]1C[C@H](C)CN([C@@H]2CCC[C@H](c3ccc(C(C)(C)C)cc3)C2)C1. The molecule has 2 fully saturated rings. The number of hydrogen-bond acceptors (Lipinski definition) is 1. The highest BCUT2D eigenvalue weighted by Gasteiger charge is 2.31. The van der Waals surface area contributed by atoms with Crippen molar-refractivity contribution in [2.24, 2.45) is 11.8 Å². The van der Waals surface area contributed by atoms with Gasteiger partial charge in [0.25, 0.3) is 0 Å². The van der Waals surface area contributed by atoms with E-state index in [-0.39, 0.29) is 5.41 Å². The zero-order valence-corrected chi connectivity index (χ0v) is 16.5. The van der Waals surface area contributed by atoms with Gasteiger partial charge in [0, 0.05) is 19.1 Å². The van der Waals surface area contributed by atoms with Crippen molar-refractivity contribution < 1.29 is 0 Å². The molecule has 1 saturated heterocycles. The fraction of sp³-hybridized carbons (Fsp3) is 0.739. The average molecular weight is 328 g/mol. The number of hydrogen-bond donors (Lipinski definition) is 0. The quantitative estimate of drug-likeness (QED) is 0.645. The third-order valence-electron chi connectivity index (χ3n) is 6.31. The van der Waals surface area contributed by atoms with Crippen LogP contribution in [0.5, 0.6) is 0 Å². The third-order valence-corrected chi connectivity index (χ3v) is 6.31. The Kier molecular flexibility index (Phi) is 5.39. The standard InChI is InChI=1S/C23H37N/c1-17-13-18(2)16-24(15-17)22-8-6-7-20(14-22)19-9-11-21(12-10-19)23(3,4)5/h9-12,17-18,20,22H,6-8,13-16H2,1-5H3/t17-,18+,20-,22+/m0/s1. The molecule has 0 radical (unpaired) electrons. The molecule has 0 bridgehead atoms. The van der Waals surface area contributed by atoms with Crippen LogP contribution >= 0.6 is 0 Å². The van der Waals surface area contributed by atoms with E-state index in [1.54, 1.807) is 5.56 Å². The first-order valence-corrected chi connectivity index (χ1v) is 10.2. The molecule has 134 valence electrons. The fourth-order valence-corrected chi connectivity index (χ4v) is 5.06. The molecule has 0 unspecified atom stereocenters. The summed E-state index contributed by atoms with van der Waals surface area (Å²) in [7, 11) is 0. The van der Waals surface area contributed by atoms with Gasteiger partial charge < -0.3 is 0 Å². The fourth-order valence-electron chi connectivity index (χ4n) is 5.06. The summed E-state index contributed by atoms with van der Waals surface area (Å²) >= 11 is 0. The monoisotopic (exact) mass is 327 g/mol. The Morgan fingerprint density at radius 2 is 1.50 bits per heavy atom. The van der Waals surface area contributed by atoms with Crippen LogP contribution in [0.4, 0.5) is 0 Å². The normalized spacial score (nSPS) is 32.7. The molecule has 0 N–H and O–H groups in total. The minimum atomic E-state index is 0.258. The maximum Gasteiger partial charge on any atom is 0.0101 e. The van der Waals surface area contributed by atoms with Gasteiger partial charge in [-0.05, 0) is 60.0 Å². The molecule has 1 saturated carbocycles. The van der Waals surface area contributed by atoms with E-state index in [2.05, 4.69) is 63.8 Å². The topological polar surface area (TPSA) is 3.24 Å². The van der Waals surface area contributed by atoms with Crippen LogP contribution in [0.2, 0.25) is 0 Å². The highest BCUT2D eigenvalue weighted by atomic mass is 15.2. The van der Waals surface area contributed by atoms with Crippen molar-refractivity contribution in [3.05, 3.63) is 35.4 Å². The molecule has 1 aliphatic carbocycles. The molecule has 1 heteroatoms. The number of rotatable bonds is 2. The summed E-state index contributed by atoms with van der Waals surface area (Å²) < 4.78 is 0. The maximum atomic E-state index is 2.83. The largest absolute Gasteiger partial charge is 0.300 e. The van der Waals surface area contributed by atoms with E-state index in [4.69, 9.17) is 0 Å². The van der Waals surface area contributed by atoms with Crippen LogP contribution in [0.25, 0.3) is 0 Å². The lowest BCUT2D eigenvalue weighted by Crippen LogP contribution is -2.46. The second-order valence-corrected chi connectivity index (χ2v) is 9.79. The van der Waals surface area contributed by atoms with Crippen LogP contribution in [0.15, 0.2) is 24.3 Å². The van der Waals surface area contributed by atoms with Gasteiger partial charge in [0.1, 0.15) is 0 Å². The Bertz CT molecular complexity index is 514. The molecule has 0 spiro atoms. The average Bonchev–Trinajstić information content (AvgIpc) is 2.53. The van der Waals surface area contributed by atoms with Gasteiger partial charge in [-0.15, -0.1) is 0 Å². The second-order valence-electron chi connectivity index (χ2n) is 9.79. The Balaban J connectivity index is 1.67. The third kappa shape index (κ3) is 4.23. The van der Waals surface area contributed by atoms with Crippen LogP contribution in [-0.2, 0) is 5.41 Å². The summed E-state index contributed by atoms with van der Waals surface area (Å²) in [5, 5.41) is 0. The van der Waals surface area contributed by atoms with Crippen LogP contribution in [-0.4, -0.2) is 24.0 Å². The number of nitrogens with zero attached hydrogens (tertiary/aromatic N) is 1. The van der Waals surface area contributed by atoms with Crippen molar-refractivity contribution in [3.8, 4) is 0 Å². The van der Waals surface area contributed by atoms with Gasteiger partial charge in [0.2, 0.25) is 0 Å². The summed E-state index contributed by atoms with van der Waals surface area (Å²) in [5.74, 6) is 2.52. The van der Waals surface area contributed by atoms with Gasteiger partial charge in [0.05, 0.1) is 0 Å². The van der Waals surface area contributed by atoms with Crippen molar-refractivity contribution in [1.29, 1.82) is 0 Å². The molecule has 1 aromatic carbocycles. The molecule has 4 atom stereocenters. The Morgan fingerprint density at radius 1 is 0.875 bits per heavy atom. The summed E-state index contributed by atoms with van der Waals surface area (Å²) in [5.41, 5.74) is 3.29. The van der Waals surface area contributed by atoms with Crippen molar-refractivity contribution >= 4 is 0 Å². The van der Waals surface area contributed by atoms with Crippen molar-refractivity contribution in [3.63, 3.8) is 0 Å². The minimum absolute atomic E-state index is 0.258. The molecular weight excluding hydrogens is 290 g/mol. The lowest BCUT2D eigenvalue weighted by Gasteiger charge is -2.43. The summed E-state index contributed by atoms with van der Waals surface area (Å²) in [6.07, 6.45) is 6.98. The molecule has 3 rings (SSSR count). The van der Waals surface area contributed by atoms with Crippen molar-refractivity contribution in [2.45, 2.75) is 84.1 Å². The minimum Gasteiger partial charge on any atom is -0.300 e. The van der Waals surface area contributed by atoms with Crippen molar-refractivity contribution in [2.75, 3.05) is 13.1 Å². The molecule has 2 aliphatic rings. The Hall–Kier alpha value is -0.820. The highest BCUT2D eigenvalue weighted by Crippen LogP contribution is 2.37. The van der Waals surface area contributed by atoms with Gasteiger partial charge in [0.15, 0.2) is 0 Å². The molecule has 1 nitrogen and oxygen atoms in total. The first kappa shape index (κ1) is 18.0. The summed E-state index contributed by atoms with van der Waals surface area (Å²) in [4.78, 5) is 2.83. The lowest BCUT2D eigenvalue weighted by atomic mass is 9.78. The number of benzene rings is 1. The van der Waals surface area contributed by atoms with Gasteiger partial charge in [-0.3, -0.25) is 4.90 Å². The lowest BCUT2D eigenvalue weighted by molar-refractivity contribution is 0.0711. The molecule has 1 aliphatic heterocycles. The van der Waals surface area contributed by atoms with Gasteiger partial charge in [-0.1, -0.05) is 65.3 Å². The zero-order valence-electron chi connectivity index (χ0n) is 16.5. The van der Waals surface area contributed by atoms with E-state index in [0.717, 1.165) is 23.8 Å². The van der Waals surface area contributed by atoms with Crippen molar-refractivity contribution in [1.82, 2.24) is 4.90 Å². The first-order valence-electron chi connectivity index (χ1n) is 10.2. The molecule has 1 aromatic rings. The molecule has 24 heavy (non-hydrogen) atoms. The first-order chi connectivity index (χ1) is 11.3. The van der Waals surface area contributed by atoms with Gasteiger partial charge in [-0.2, -0.15) is 0 Å². The van der Waals surface area contributed by atoms with Crippen LogP contribution in [0.3, 0.4) is 0 Å². The van der Waals surface area contributed by atoms with E-state index in [1.165, 1.54) is 50.8 Å². The second kappa shape index (κ2) is 7.20. The highest BCUT2D eigenvalue weighted by molar-refractivity contribution is 5.30. The predicted octanol–water partition coefficient (Wildman–Crippen LogP) is 5.99. The molecule has 0 amide bonds. The number of likely N-dealkylation sites (tertiary alicyclic amines) is 1. The van der Waals surface area contributed by atoms with E-state index < -0.39 is 0 Å². The number of piperidine rings is 1. The van der Waals surface area contributed by atoms with Gasteiger partial charge >= 0.3 is 0 Å². The van der Waals surface area contributed by atoms with Crippen LogP contribution in [0, 0.1) is 11.8 Å². The van der Waals surface area contributed by atoms with E-state index in [1.807, 2.05) is 0 Å². The summed E-state index contributed by atoms with van der Waals surface area (Å²) in [6, 6.07) is 10.4. The van der Waals surface area contributed by atoms with Gasteiger partial charge in [-0.25, -0.2) is 0 Å². The van der Waals surface area contributed by atoms with E-state index >= 15 is 0 Å². The summed E-state index contributed by atoms with van der Waals surface area (Å²) in [6.45, 7) is 14.4. The maximum absolute atomic E-state index is 2.83. The Morgan fingerprint density at radius 3 is 2.08 bits per heavy atom. The van der Waals surface area contributed by atoms with E-state index in [9.17, 15) is 0 Å². The molecular formula is C23H37N. The Labute approximate surface area is 149 Å². The predicted molar refractivity (Wildman–Crippen MR) is 105 cm³/mol. The molecule has 1 heterocycles. The smallest absolute Gasteiger partial charge is 0.0101 e. The van der Waals surface area contributed by atoms with Crippen LogP contribution < -0.4 is 0 Å². The molecule has 0 aromatic heterocycles. The zero-order chi connectivity index (χ0) is 17.3.